The van der Waals surface area contributed by atoms with Crippen LogP contribution in [0.3, 0.4) is 0 Å². The van der Waals surface area contributed by atoms with E-state index in [4.69, 9.17) is 4.74 Å². The van der Waals surface area contributed by atoms with Gasteiger partial charge in [-0.3, -0.25) is 4.79 Å². The summed E-state index contributed by atoms with van der Waals surface area (Å²) in [5.41, 5.74) is 0. The molecule has 0 saturated carbocycles. The molecule has 0 bridgehead atoms. The van der Waals surface area contributed by atoms with E-state index in [2.05, 4.69) is 5.32 Å². The highest BCUT2D eigenvalue weighted by Gasteiger charge is 2.35. The Morgan fingerprint density at radius 1 is 1.47 bits per heavy atom. The zero-order valence-corrected chi connectivity index (χ0v) is 10.8. The van der Waals surface area contributed by atoms with Crippen LogP contribution in [0.4, 0.5) is 0 Å². The molecule has 2 saturated heterocycles. The van der Waals surface area contributed by atoms with Crippen molar-refractivity contribution in [1.82, 2.24) is 10.2 Å². The average Bonchev–Trinajstić information content (AvgIpc) is 2.78. The van der Waals surface area contributed by atoms with Gasteiger partial charge in [0.1, 0.15) is 0 Å². The molecule has 0 aromatic rings. The number of ether oxygens (including phenoxy) is 1. The first-order chi connectivity index (χ1) is 8.31. The second-order valence-electron chi connectivity index (χ2n) is 5.06. The topological polar surface area (TPSA) is 41.6 Å². The summed E-state index contributed by atoms with van der Waals surface area (Å²) in [6, 6.07) is 0.555. The maximum Gasteiger partial charge on any atom is 0.222 e. The molecular weight excluding hydrogens is 216 g/mol. The third-order valence-corrected chi connectivity index (χ3v) is 3.84. The van der Waals surface area contributed by atoms with Gasteiger partial charge in [-0.25, -0.2) is 0 Å². The van der Waals surface area contributed by atoms with Gasteiger partial charge in [0.25, 0.3) is 0 Å². The van der Waals surface area contributed by atoms with Gasteiger partial charge in [0.05, 0.1) is 0 Å². The summed E-state index contributed by atoms with van der Waals surface area (Å²) in [4.78, 5) is 14.0. The first kappa shape index (κ1) is 12.8. The van der Waals surface area contributed by atoms with E-state index in [1.165, 1.54) is 12.8 Å². The smallest absolute Gasteiger partial charge is 0.222 e. The van der Waals surface area contributed by atoms with Crippen LogP contribution in [-0.4, -0.2) is 49.7 Å². The molecule has 0 aromatic carbocycles. The predicted octanol–water partition coefficient (Wildman–Crippen LogP) is 1.01. The van der Waals surface area contributed by atoms with Crippen molar-refractivity contribution in [3.8, 4) is 0 Å². The molecule has 2 fully saturated rings. The summed E-state index contributed by atoms with van der Waals surface area (Å²) in [5.74, 6) is 1.00. The molecule has 0 radical (unpaired) electrons. The molecule has 17 heavy (non-hydrogen) atoms. The number of nitrogens with one attached hydrogen (secondary N) is 1. The van der Waals surface area contributed by atoms with Crippen LogP contribution in [0, 0.1) is 5.92 Å². The molecule has 4 nitrogen and oxygen atoms in total. The van der Waals surface area contributed by atoms with Crippen LogP contribution in [0.1, 0.15) is 32.6 Å². The van der Waals surface area contributed by atoms with E-state index >= 15 is 0 Å². The summed E-state index contributed by atoms with van der Waals surface area (Å²) in [6.07, 6.45) is 4.03. The Bertz CT molecular complexity index is 244. The molecule has 0 unspecified atom stereocenters. The van der Waals surface area contributed by atoms with Gasteiger partial charge < -0.3 is 15.0 Å². The first-order valence-electron chi connectivity index (χ1n) is 6.90. The monoisotopic (exact) mass is 240 g/mol. The lowest BCUT2D eigenvalue weighted by molar-refractivity contribution is -0.130. The highest BCUT2D eigenvalue weighted by Crippen LogP contribution is 2.25. The van der Waals surface area contributed by atoms with Crippen LogP contribution in [0.5, 0.6) is 0 Å². The zero-order chi connectivity index (χ0) is 12.1. The molecule has 4 heteroatoms. The number of piperidine rings is 1. The second-order valence-corrected chi connectivity index (χ2v) is 5.06. The van der Waals surface area contributed by atoms with E-state index in [1.54, 1.807) is 0 Å². The molecule has 2 atom stereocenters. The normalized spacial score (nSPS) is 28.2. The van der Waals surface area contributed by atoms with Crippen LogP contribution in [-0.2, 0) is 9.53 Å². The van der Waals surface area contributed by atoms with Gasteiger partial charge in [-0.1, -0.05) is 0 Å². The van der Waals surface area contributed by atoms with Crippen molar-refractivity contribution in [2.45, 2.75) is 38.6 Å². The van der Waals surface area contributed by atoms with E-state index in [-0.39, 0.29) is 0 Å². The number of fused-ring (bicyclic) bond motifs is 1. The lowest BCUT2D eigenvalue weighted by Gasteiger charge is -2.24. The minimum absolute atomic E-state index is 0.306. The molecule has 1 N–H and O–H groups in total. The van der Waals surface area contributed by atoms with E-state index in [0.29, 0.717) is 30.9 Å². The zero-order valence-electron chi connectivity index (χ0n) is 10.8. The lowest BCUT2D eigenvalue weighted by Crippen LogP contribution is -2.41. The third-order valence-electron chi connectivity index (χ3n) is 3.84. The summed E-state index contributed by atoms with van der Waals surface area (Å²) in [7, 11) is 0. The lowest BCUT2D eigenvalue weighted by atomic mass is 9.94. The number of amides is 1. The maximum absolute atomic E-state index is 12.0. The molecular formula is C13H24N2O2. The molecule has 2 aliphatic heterocycles. The fourth-order valence-electron chi connectivity index (χ4n) is 2.88. The molecule has 0 spiro atoms. The van der Waals surface area contributed by atoms with Crippen molar-refractivity contribution < 1.29 is 9.53 Å². The molecule has 0 aromatic heterocycles. The summed E-state index contributed by atoms with van der Waals surface area (Å²) in [6.45, 7) is 6.43. The van der Waals surface area contributed by atoms with Crippen LogP contribution < -0.4 is 5.32 Å². The number of nitrogens with zero attached hydrogens (tertiary/aromatic N) is 1. The van der Waals surface area contributed by atoms with E-state index in [0.717, 1.165) is 32.7 Å². The van der Waals surface area contributed by atoms with E-state index < -0.39 is 0 Å². The number of rotatable bonds is 5. The van der Waals surface area contributed by atoms with Gasteiger partial charge in [-0.05, 0) is 38.6 Å². The van der Waals surface area contributed by atoms with Crippen LogP contribution >= 0.6 is 0 Å². The average molecular weight is 240 g/mol. The van der Waals surface area contributed by atoms with Crippen molar-refractivity contribution >= 4 is 5.91 Å². The molecule has 2 aliphatic rings. The van der Waals surface area contributed by atoms with Gasteiger partial charge >= 0.3 is 0 Å². The Hall–Kier alpha value is -0.610. The van der Waals surface area contributed by atoms with Crippen molar-refractivity contribution in [2.75, 3.05) is 32.8 Å². The van der Waals surface area contributed by atoms with Crippen molar-refractivity contribution in [1.29, 1.82) is 0 Å². The fraction of sp³-hybridized carbons (Fsp3) is 0.923. The number of hydrogen-bond donors (Lipinski definition) is 1. The molecule has 2 heterocycles. The molecule has 98 valence electrons. The Kier molecular flexibility index (Phi) is 4.80. The number of carbonyl (C=O) groups is 1. The summed E-state index contributed by atoms with van der Waals surface area (Å²) < 4.78 is 5.26. The number of carbonyl (C=O) groups excluding carboxylic acids is 1. The second kappa shape index (κ2) is 6.36. The Balaban J connectivity index is 1.70. The third kappa shape index (κ3) is 3.42. The molecule has 2 rings (SSSR count). The first-order valence-corrected chi connectivity index (χ1v) is 6.90. The number of likely N-dealkylation sites (tertiary alicyclic amines) is 1. The highest BCUT2D eigenvalue weighted by atomic mass is 16.5. The fourth-order valence-corrected chi connectivity index (χ4v) is 2.88. The largest absolute Gasteiger partial charge is 0.382 e. The minimum Gasteiger partial charge on any atom is -0.382 e. The van der Waals surface area contributed by atoms with Crippen LogP contribution in [0.2, 0.25) is 0 Å². The maximum atomic E-state index is 12.0. The van der Waals surface area contributed by atoms with Gasteiger partial charge in [-0.2, -0.15) is 0 Å². The van der Waals surface area contributed by atoms with Crippen LogP contribution in [0.15, 0.2) is 0 Å². The van der Waals surface area contributed by atoms with Gasteiger partial charge in [-0.15, -0.1) is 0 Å². The van der Waals surface area contributed by atoms with Gasteiger partial charge in [0.15, 0.2) is 0 Å². The van der Waals surface area contributed by atoms with Gasteiger partial charge in [0, 0.05) is 38.8 Å². The van der Waals surface area contributed by atoms with Crippen LogP contribution in [0.25, 0.3) is 0 Å². The molecule has 1 amide bonds. The Morgan fingerprint density at radius 3 is 3.12 bits per heavy atom. The van der Waals surface area contributed by atoms with Crippen molar-refractivity contribution in [2.24, 2.45) is 5.92 Å². The standard InChI is InChI=1S/C13H24N2O2/c1-2-17-8-4-6-13(16)15-9-11-5-3-7-14-12(11)10-15/h11-12,14H,2-10H2,1H3/t11-,12+/m0/s1. The van der Waals surface area contributed by atoms with Crippen molar-refractivity contribution in [3.63, 3.8) is 0 Å². The quantitative estimate of drug-likeness (QED) is 0.729. The predicted molar refractivity (Wildman–Crippen MR) is 66.8 cm³/mol. The van der Waals surface area contributed by atoms with E-state index in [9.17, 15) is 4.79 Å². The molecule has 0 aliphatic carbocycles. The van der Waals surface area contributed by atoms with E-state index in [1.807, 2.05) is 11.8 Å². The van der Waals surface area contributed by atoms with Crippen molar-refractivity contribution in [3.05, 3.63) is 0 Å². The SMILES string of the molecule is CCOCCCC(=O)N1C[C@@H]2CCCN[C@@H]2C1. The summed E-state index contributed by atoms with van der Waals surface area (Å²) >= 11 is 0. The Morgan fingerprint density at radius 2 is 2.35 bits per heavy atom. The number of hydrogen-bond acceptors (Lipinski definition) is 3. The highest BCUT2D eigenvalue weighted by molar-refractivity contribution is 5.76. The minimum atomic E-state index is 0.306. The Labute approximate surface area is 104 Å². The summed E-state index contributed by atoms with van der Waals surface area (Å²) in [5, 5.41) is 3.52. The van der Waals surface area contributed by atoms with Gasteiger partial charge in [0.2, 0.25) is 5.91 Å².